The van der Waals surface area contributed by atoms with Gasteiger partial charge in [-0.1, -0.05) is 51.4 Å². The maximum atomic E-state index is 14.1. The first-order valence-corrected chi connectivity index (χ1v) is 47.2. The standard InChI is InChI=1S/C88H160N14O29/c1-60(107)96-75-63(53-103)78(118)64(54-104)129-83(75)126-47-23-18-30-68(111)90-38-26-41-93-71(114)34-50-123-57-88(58-124-51-35-72(115)94-42-27-39-91-69(112)31-19-24-48-127-84-76(97-61(2)108)81(121)79(119)65(55-105)130-84,59-125-52-36-73(116)95-43-28-40-92-70(113)32-20-25-49-128-85-77(98-62(3)109)82(122)80(120)66(56-106)131-85)99-74(117)33-17-13-11-9-8-10-12-16-29-67(110)89-37-21-14-15-22-44-102-46-45-101(7)86(102)100-87(4,5)6/h63-66,75-85,103-106,118-122H,8-59H2,1-7H3,(H,89,110)(H,90,111)(H,91,112)(H,92,113)(H,93,114)(H,94,115)(H,95,116)(H,96,107)(H,97,108)(H,98,109)(H,99,117)/t63-,64?,65?,66?,75?,76+,77?,78-,79+,80+,81-,82-,83-,84?,85-,88?/m1/s1. The number of nitrogens with one attached hydrogen (secondary N) is 11. The van der Waals surface area contributed by atoms with Crippen molar-refractivity contribution in [1.82, 2.24) is 68.3 Å². The lowest BCUT2D eigenvalue weighted by Crippen LogP contribution is -2.64. The van der Waals surface area contributed by atoms with Gasteiger partial charge in [-0.15, -0.1) is 0 Å². The van der Waals surface area contributed by atoms with E-state index in [0.29, 0.717) is 77.2 Å². The third kappa shape index (κ3) is 49.2. The monoisotopic (exact) mass is 1880 g/mol. The normalized spacial score (nSPS) is 23.5. The molecule has 4 saturated heterocycles. The molecular formula is C88H160N14O29. The molecule has 0 aliphatic carbocycles. The molecule has 16 atom stereocenters. The van der Waals surface area contributed by atoms with Gasteiger partial charge in [0.05, 0.1) is 83.8 Å². The largest absolute Gasteiger partial charge is 0.396 e. The predicted octanol–water partition coefficient (Wildman–Crippen LogP) is -2.45. The van der Waals surface area contributed by atoms with Crippen molar-refractivity contribution in [2.75, 3.05) is 158 Å². The number of aliphatic imine (C=N–C) groups is 1. The van der Waals surface area contributed by atoms with Gasteiger partial charge in [0, 0.05) is 170 Å². The molecular weight excluding hydrogens is 1720 g/mol. The minimum Gasteiger partial charge on any atom is -0.396 e. The molecule has 0 radical (unpaired) electrons. The van der Waals surface area contributed by atoms with Crippen molar-refractivity contribution in [1.29, 1.82) is 0 Å². The molecule has 0 aromatic carbocycles. The zero-order chi connectivity index (χ0) is 96.4. The third-order valence-corrected chi connectivity index (χ3v) is 22.3. The summed E-state index contributed by atoms with van der Waals surface area (Å²) in [4.78, 5) is 150. The second-order valence-corrected chi connectivity index (χ2v) is 35.1. The lowest BCUT2D eigenvalue weighted by Gasteiger charge is -2.43. The first-order valence-electron chi connectivity index (χ1n) is 47.2. The summed E-state index contributed by atoms with van der Waals surface area (Å²) < 4.78 is 52.6. The van der Waals surface area contributed by atoms with Gasteiger partial charge in [0.2, 0.25) is 65.0 Å². The Morgan fingerprint density at radius 1 is 0.359 bits per heavy atom. The highest BCUT2D eigenvalue weighted by Gasteiger charge is 2.48. The van der Waals surface area contributed by atoms with Crippen molar-refractivity contribution >= 4 is 70.9 Å². The quantitative estimate of drug-likeness (QED) is 0.0281. The molecule has 4 fully saturated rings. The van der Waals surface area contributed by atoms with Gasteiger partial charge in [-0.05, 0) is 104 Å². The first kappa shape index (κ1) is 116. The summed E-state index contributed by atoms with van der Waals surface area (Å²) in [5.74, 6) is -3.33. The number of hydrogen-bond donors (Lipinski definition) is 20. The van der Waals surface area contributed by atoms with Gasteiger partial charge >= 0.3 is 0 Å². The minimum absolute atomic E-state index is 0.0706. The zero-order valence-electron chi connectivity index (χ0n) is 78.5. The first-order chi connectivity index (χ1) is 62.7. The molecule has 0 spiro atoms. The van der Waals surface area contributed by atoms with Crippen LogP contribution in [0.4, 0.5) is 0 Å². The van der Waals surface area contributed by atoms with Crippen molar-refractivity contribution in [3.05, 3.63) is 0 Å². The average Bonchev–Trinajstić information content (AvgIpc) is 1.74. The van der Waals surface area contributed by atoms with Crippen molar-refractivity contribution in [3.8, 4) is 0 Å². The second kappa shape index (κ2) is 67.0. The molecule has 0 saturated carbocycles. The summed E-state index contributed by atoms with van der Waals surface area (Å²) in [5.41, 5.74) is -1.56. The number of aliphatic hydroxyl groups excluding tert-OH is 9. The molecule has 0 bridgehead atoms. The van der Waals surface area contributed by atoms with Crippen molar-refractivity contribution < 1.29 is 141 Å². The number of rotatable bonds is 71. The van der Waals surface area contributed by atoms with E-state index in [4.69, 9.17) is 47.6 Å². The smallest absolute Gasteiger partial charge is 0.222 e. The van der Waals surface area contributed by atoms with Crippen LogP contribution in [0.2, 0.25) is 0 Å². The summed E-state index contributed by atoms with van der Waals surface area (Å²) in [5, 5.41) is 122. The van der Waals surface area contributed by atoms with E-state index in [2.05, 4.69) is 96.1 Å². The molecule has 7 unspecified atom stereocenters. The number of unbranched alkanes of at least 4 members (excludes halogenated alkanes) is 13. The zero-order valence-corrected chi connectivity index (χ0v) is 78.5. The maximum absolute atomic E-state index is 14.1. The second-order valence-electron chi connectivity index (χ2n) is 35.1. The molecule has 0 aromatic rings. The molecule has 131 heavy (non-hydrogen) atoms. The predicted molar refractivity (Wildman–Crippen MR) is 478 cm³/mol. The van der Waals surface area contributed by atoms with Gasteiger partial charge in [-0.25, -0.2) is 4.99 Å². The molecule has 43 nitrogen and oxygen atoms in total. The lowest BCUT2D eigenvalue weighted by molar-refractivity contribution is -0.270. The maximum Gasteiger partial charge on any atom is 0.222 e. The molecule has 43 heteroatoms. The number of aliphatic hydroxyl groups is 9. The molecule has 20 N–H and O–H groups in total. The Labute approximate surface area is 771 Å². The van der Waals surface area contributed by atoms with Gasteiger partial charge in [-0.2, -0.15) is 0 Å². The molecule has 4 aliphatic heterocycles. The Morgan fingerprint density at radius 2 is 0.664 bits per heavy atom. The van der Waals surface area contributed by atoms with E-state index in [1.54, 1.807) is 0 Å². The number of guanidine groups is 1. The van der Waals surface area contributed by atoms with E-state index in [1.807, 2.05) is 0 Å². The van der Waals surface area contributed by atoms with Crippen LogP contribution < -0.4 is 58.5 Å². The van der Waals surface area contributed by atoms with Crippen molar-refractivity contribution in [2.45, 2.75) is 325 Å². The number of nitrogens with zero attached hydrogens (tertiary/aromatic N) is 3. The van der Waals surface area contributed by atoms with Crippen LogP contribution in [0.25, 0.3) is 0 Å². The van der Waals surface area contributed by atoms with Gasteiger partial charge in [0.15, 0.2) is 24.8 Å². The Hall–Kier alpha value is -7.28. The molecule has 0 aromatic heterocycles. The van der Waals surface area contributed by atoms with E-state index in [1.165, 1.54) is 20.8 Å². The summed E-state index contributed by atoms with van der Waals surface area (Å²) in [6, 6.07) is -3.08. The third-order valence-electron chi connectivity index (χ3n) is 22.3. The van der Waals surface area contributed by atoms with Crippen LogP contribution in [0, 0.1) is 5.92 Å². The van der Waals surface area contributed by atoms with E-state index >= 15 is 0 Å². The highest BCUT2D eigenvalue weighted by Crippen LogP contribution is 2.29. The van der Waals surface area contributed by atoms with Crippen LogP contribution in [0.1, 0.15) is 228 Å². The Kier molecular flexibility index (Phi) is 59.4. The van der Waals surface area contributed by atoms with E-state index in [9.17, 15) is 98.7 Å². The number of hydrogen-bond acceptors (Lipinski definition) is 30. The summed E-state index contributed by atoms with van der Waals surface area (Å²) in [7, 11) is 2.09. The number of ether oxygens (including phenoxy) is 9. The Morgan fingerprint density at radius 3 is 1.02 bits per heavy atom. The summed E-state index contributed by atoms with van der Waals surface area (Å²) >= 11 is 0. The van der Waals surface area contributed by atoms with E-state index in [-0.39, 0.29) is 196 Å². The lowest BCUT2D eigenvalue weighted by atomic mass is 9.87. The van der Waals surface area contributed by atoms with Crippen molar-refractivity contribution in [2.24, 2.45) is 10.9 Å². The van der Waals surface area contributed by atoms with E-state index in [0.717, 1.165) is 96.2 Å². The number of amides is 11. The SMILES string of the molecule is CC(=O)NC1[C@H](OCCCCC(=O)NCCCNC(=O)CCOCC(COCCC(=O)NCCCNC(=O)CCCCOC2OC(CO)[C@H](O)[C@H](O)[C@@H]2NC(C)=O)(COCCC(=O)NCCCNC(=O)CCCCO[C@@H]2OC(CO)[C@H](O)[C@H](CO)C2NC(C)=O)NC(=O)CCCCCCCCCCC(=O)NCCCCCCN2CCN(C)C2=NC(C)(C)C)OC(CO)[C@H](O)[C@@H]1O. The molecule has 4 rings (SSSR count). The number of carbonyl (C=O) groups excluding carboxylic acids is 11. The summed E-state index contributed by atoms with van der Waals surface area (Å²) in [6.45, 7) is 12.0. The average molecular weight is 1880 g/mol. The van der Waals surface area contributed by atoms with Crippen LogP contribution >= 0.6 is 0 Å². The molecule has 4 aliphatic rings. The highest BCUT2D eigenvalue weighted by molar-refractivity contribution is 5.82. The summed E-state index contributed by atoms with van der Waals surface area (Å²) in [6.07, 6.45) is 1.42. The Bertz CT molecular complexity index is 3210. The topological polar surface area (TPSA) is 604 Å². The van der Waals surface area contributed by atoms with Crippen LogP contribution in [-0.2, 0) is 95.4 Å². The van der Waals surface area contributed by atoms with Crippen molar-refractivity contribution in [3.63, 3.8) is 0 Å². The van der Waals surface area contributed by atoms with Crippen LogP contribution in [0.5, 0.6) is 0 Å². The van der Waals surface area contributed by atoms with E-state index < -0.39 is 141 Å². The van der Waals surface area contributed by atoms with Crippen LogP contribution in [-0.4, -0.2) is 382 Å². The molecule has 756 valence electrons. The van der Waals surface area contributed by atoms with Gasteiger partial charge < -0.3 is 157 Å². The number of likely N-dealkylation sites (N-methyl/N-ethyl adjacent to an activating group) is 1. The van der Waals surface area contributed by atoms with Crippen LogP contribution in [0.15, 0.2) is 4.99 Å². The van der Waals surface area contributed by atoms with Gasteiger partial charge in [0.1, 0.15) is 60.4 Å². The van der Waals surface area contributed by atoms with Gasteiger partial charge in [0.25, 0.3) is 0 Å². The molecule has 4 heterocycles. The van der Waals surface area contributed by atoms with Crippen LogP contribution in [0.3, 0.4) is 0 Å². The Balaban J connectivity index is 1.30. The highest BCUT2D eigenvalue weighted by atomic mass is 16.7. The number of carbonyl (C=O) groups is 11. The minimum atomic E-state index is -1.46. The van der Waals surface area contributed by atoms with Gasteiger partial charge in [-0.3, -0.25) is 52.7 Å². The molecule has 11 amide bonds. The fourth-order valence-electron chi connectivity index (χ4n) is 15.1. The fraction of sp³-hybridized carbons (Fsp3) is 0.864. The fourth-order valence-corrected chi connectivity index (χ4v) is 15.1.